The smallest absolute Gasteiger partial charge is 0.335 e. The molecule has 0 aromatic heterocycles. The fraction of sp³-hybridized carbons (Fsp3) is 0.462. The van der Waals surface area contributed by atoms with Gasteiger partial charge in [-0.1, -0.05) is 12.1 Å². The second-order valence-corrected chi connectivity index (χ2v) is 4.63. The molecule has 1 aromatic carbocycles. The summed E-state index contributed by atoms with van der Waals surface area (Å²) >= 11 is 0. The highest BCUT2D eigenvalue weighted by Crippen LogP contribution is 2.26. The molecule has 1 aliphatic carbocycles. The van der Waals surface area contributed by atoms with E-state index in [1.54, 1.807) is 18.2 Å². The maximum absolute atomic E-state index is 10.8. The van der Waals surface area contributed by atoms with Gasteiger partial charge in [0, 0.05) is 6.54 Å². The maximum Gasteiger partial charge on any atom is 0.335 e. The van der Waals surface area contributed by atoms with E-state index in [1.807, 2.05) is 6.07 Å². The number of carboxylic acids is 1. The Morgan fingerprint density at radius 3 is 2.82 bits per heavy atom. The Kier molecular flexibility index (Phi) is 3.76. The van der Waals surface area contributed by atoms with Crippen LogP contribution in [-0.4, -0.2) is 28.8 Å². The molecule has 0 spiro atoms. The van der Waals surface area contributed by atoms with Crippen LogP contribution >= 0.6 is 0 Å². The Hall–Kier alpha value is -1.39. The molecule has 92 valence electrons. The van der Waals surface area contributed by atoms with Gasteiger partial charge in [0.1, 0.15) is 0 Å². The highest BCUT2D eigenvalue weighted by Gasteiger charge is 2.26. The number of aliphatic hydroxyl groups is 1. The van der Waals surface area contributed by atoms with Crippen molar-refractivity contribution >= 4 is 5.97 Å². The normalized spacial score (nSPS) is 23.1. The lowest BCUT2D eigenvalue weighted by Gasteiger charge is -2.31. The topological polar surface area (TPSA) is 69.6 Å². The first-order chi connectivity index (χ1) is 8.15. The molecule has 1 fully saturated rings. The molecular weight excluding hydrogens is 218 g/mol. The fourth-order valence-electron chi connectivity index (χ4n) is 2.10. The van der Waals surface area contributed by atoms with Crippen LogP contribution in [0, 0.1) is 5.92 Å². The number of aliphatic hydroxyl groups excluding tert-OH is 1. The monoisotopic (exact) mass is 235 g/mol. The molecule has 17 heavy (non-hydrogen) atoms. The second-order valence-electron chi connectivity index (χ2n) is 4.63. The van der Waals surface area contributed by atoms with Gasteiger partial charge in [-0.2, -0.15) is 0 Å². The van der Waals surface area contributed by atoms with Crippen molar-refractivity contribution in [1.29, 1.82) is 0 Å². The van der Waals surface area contributed by atoms with Crippen molar-refractivity contribution in [2.24, 2.45) is 5.92 Å². The maximum atomic E-state index is 10.8. The summed E-state index contributed by atoms with van der Waals surface area (Å²) in [6.45, 7) is 1.56. The van der Waals surface area contributed by atoms with Gasteiger partial charge < -0.3 is 15.5 Å². The van der Waals surface area contributed by atoms with Crippen molar-refractivity contribution < 1.29 is 15.0 Å². The van der Waals surface area contributed by atoms with Gasteiger partial charge in [0.25, 0.3) is 0 Å². The van der Waals surface area contributed by atoms with Gasteiger partial charge in [0.15, 0.2) is 0 Å². The molecule has 0 radical (unpaired) electrons. The minimum absolute atomic E-state index is 0.114. The van der Waals surface area contributed by atoms with E-state index in [0.717, 1.165) is 24.9 Å². The average molecular weight is 235 g/mol. The van der Waals surface area contributed by atoms with Crippen LogP contribution in [0.1, 0.15) is 28.8 Å². The number of benzene rings is 1. The van der Waals surface area contributed by atoms with Crippen molar-refractivity contribution in [3.05, 3.63) is 35.4 Å². The van der Waals surface area contributed by atoms with Crippen molar-refractivity contribution in [2.75, 3.05) is 6.54 Å². The van der Waals surface area contributed by atoms with Gasteiger partial charge in [-0.3, -0.25) is 0 Å². The molecule has 1 saturated carbocycles. The Bertz CT molecular complexity index is 399. The molecule has 0 aliphatic heterocycles. The first kappa shape index (κ1) is 12.1. The number of hydrogen-bond donors (Lipinski definition) is 3. The number of aromatic carboxylic acids is 1. The zero-order valence-corrected chi connectivity index (χ0v) is 9.60. The van der Waals surface area contributed by atoms with Crippen LogP contribution in [0.2, 0.25) is 0 Å². The van der Waals surface area contributed by atoms with Crippen LogP contribution < -0.4 is 5.32 Å². The molecule has 0 saturated heterocycles. The number of hydrogen-bond acceptors (Lipinski definition) is 3. The van der Waals surface area contributed by atoms with Crippen molar-refractivity contribution in [3.8, 4) is 0 Å². The predicted molar refractivity (Wildman–Crippen MR) is 63.8 cm³/mol. The molecule has 0 unspecified atom stereocenters. The minimum atomic E-state index is -0.894. The van der Waals surface area contributed by atoms with Gasteiger partial charge in [0.2, 0.25) is 0 Å². The number of carboxylic acid groups (broad SMARTS) is 1. The third-order valence-electron chi connectivity index (χ3n) is 3.15. The van der Waals surface area contributed by atoms with Crippen LogP contribution in [0.15, 0.2) is 24.3 Å². The number of carbonyl (C=O) groups is 1. The van der Waals surface area contributed by atoms with Gasteiger partial charge in [-0.25, -0.2) is 4.79 Å². The van der Waals surface area contributed by atoms with E-state index in [2.05, 4.69) is 5.32 Å². The standard InChI is InChI=1S/C13H17NO3/c15-12-5-10(6-12)8-14-7-9-2-1-3-11(4-9)13(16)17/h1-4,10,12,14-15H,5-8H2,(H,16,17). The summed E-state index contributed by atoms with van der Waals surface area (Å²) in [6.07, 6.45) is 1.64. The third kappa shape index (κ3) is 3.28. The molecule has 0 bridgehead atoms. The Morgan fingerprint density at radius 1 is 1.41 bits per heavy atom. The zero-order chi connectivity index (χ0) is 12.3. The lowest BCUT2D eigenvalue weighted by Crippen LogP contribution is -2.35. The summed E-state index contributed by atoms with van der Waals surface area (Å²) < 4.78 is 0. The quantitative estimate of drug-likeness (QED) is 0.718. The van der Waals surface area contributed by atoms with E-state index >= 15 is 0 Å². The summed E-state index contributed by atoms with van der Waals surface area (Å²) in [4.78, 5) is 10.8. The van der Waals surface area contributed by atoms with Gasteiger partial charge >= 0.3 is 5.97 Å². The lowest BCUT2D eigenvalue weighted by atomic mass is 9.82. The van der Waals surface area contributed by atoms with Crippen molar-refractivity contribution in [1.82, 2.24) is 5.32 Å². The molecule has 1 aliphatic rings. The van der Waals surface area contributed by atoms with E-state index in [0.29, 0.717) is 18.0 Å². The Balaban J connectivity index is 1.78. The van der Waals surface area contributed by atoms with Crippen LogP contribution in [0.4, 0.5) is 0 Å². The zero-order valence-electron chi connectivity index (χ0n) is 9.60. The minimum Gasteiger partial charge on any atom is -0.478 e. The molecule has 1 aromatic rings. The van der Waals surface area contributed by atoms with Crippen LogP contribution in [0.25, 0.3) is 0 Å². The average Bonchev–Trinajstić information content (AvgIpc) is 2.27. The first-order valence-electron chi connectivity index (χ1n) is 5.86. The van der Waals surface area contributed by atoms with E-state index in [4.69, 9.17) is 10.2 Å². The summed E-state index contributed by atoms with van der Waals surface area (Å²) in [5.74, 6) is -0.332. The van der Waals surface area contributed by atoms with E-state index in [-0.39, 0.29) is 6.10 Å². The predicted octanol–water partition coefficient (Wildman–Crippen LogP) is 1.25. The molecule has 4 heteroatoms. The van der Waals surface area contributed by atoms with Crippen molar-refractivity contribution in [2.45, 2.75) is 25.5 Å². The molecule has 0 amide bonds. The first-order valence-corrected chi connectivity index (χ1v) is 5.86. The highest BCUT2D eigenvalue weighted by molar-refractivity contribution is 5.87. The third-order valence-corrected chi connectivity index (χ3v) is 3.15. The fourth-order valence-corrected chi connectivity index (χ4v) is 2.10. The lowest BCUT2D eigenvalue weighted by molar-refractivity contribution is 0.0429. The van der Waals surface area contributed by atoms with E-state index < -0.39 is 5.97 Å². The largest absolute Gasteiger partial charge is 0.478 e. The highest BCUT2D eigenvalue weighted by atomic mass is 16.4. The second kappa shape index (κ2) is 5.29. The van der Waals surface area contributed by atoms with Gasteiger partial charge in [-0.15, -0.1) is 0 Å². The Morgan fingerprint density at radius 2 is 2.18 bits per heavy atom. The Labute approximate surface area is 100 Å². The van der Waals surface area contributed by atoms with Crippen molar-refractivity contribution in [3.63, 3.8) is 0 Å². The van der Waals surface area contributed by atoms with Crippen LogP contribution in [0.3, 0.4) is 0 Å². The van der Waals surface area contributed by atoms with E-state index in [9.17, 15) is 4.79 Å². The molecule has 3 N–H and O–H groups in total. The molecule has 4 nitrogen and oxygen atoms in total. The molecule has 2 rings (SSSR count). The van der Waals surface area contributed by atoms with Gasteiger partial charge in [-0.05, 0) is 43.0 Å². The summed E-state index contributed by atoms with van der Waals surface area (Å²) in [5, 5.41) is 21.3. The number of nitrogens with one attached hydrogen (secondary N) is 1. The SMILES string of the molecule is O=C(O)c1cccc(CNCC2CC(O)C2)c1. The van der Waals surface area contributed by atoms with Gasteiger partial charge in [0.05, 0.1) is 11.7 Å². The number of rotatable bonds is 5. The molecular formula is C13H17NO3. The van der Waals surface area contributed by atoms with Crippen LogP contribution in [-0.2, 0) is 6.54 Å². The van der Waals surface area contributed by atoms with Crippen LogP contribution in [0.5, 0.6) is 0 Å². The molecule has 0 heterocycles. The summed E-state index contributed by atoms with van der Waals surface area (Å²) in [6, 6.07) is 6.95. The van der Waals surface area contributed by atoms with E-state index in [1.165, 1.54) is 0 Å². The summed E-state index contributed by atoms with van der Waals surface area (Å²) in [5.41, 5.74) is 1.30. The molecule has 0 atom stereocenters. The summed E-state index contributed by atoms with van der Waals surface area (Å²) in [7, 11) is 0.